The van der Waals surface area contributed by atoms with Crippen LogP contribution in [0.1, 0.15) is 81.4 Å². The van der Waals surface area contributed by atoms with Gasteiger partial charge in [0.2, 0.25) is 11.8 Å². The number of allylic oxidation sites excluding steroid dienone is 1. The van der Waals surface area contributed by atoms with Crippen molar-refractivity contribution >= 4 is 35.3 Å². The van der Waals surface area contributed by atoms with Crippen molar-refractivity contribution in [2.75, 3.05) is 34.4 Å². The molecule has 58 heavy (non-hydrogen) atoms. The van der Waals surface area contributed by atoms with Crippen molar-refractivity contribution in [1.29, 1.82) is 0 Å². The van der Waals surface area contributed by atoms with Crippen LogP contribution in [0.5, 0.6) is 11.5 Å². The van der Waals surface area contributed by atoms with Gasteiger partial charge in [-0.2, -0.15) is 0 Å². The maximum Gasteiger partial charge on any atom is 0.407 e. The number of halogens is 1. The van der Waals surface area contributed by atoms with E-state index in [1.807, 2.05) is 32.0 Å². The number of carbonyl (C=O) groups excluding carboxylic acids is 4. The average molecular weight is 800 g/mol. The molecule has 2 fully saturated rings. The van der Waals surface area contributed by atoms with Gasteiger partial charge in [-0.15, -0.1) is 0 Å². The molecule has 2 saturated heterocycles. The molecule has 4 aliphatic rings. The fourth-order valence-electron chi connectivity index (χ4n) is 8.30. The molecule has 16 heteroatoms. The fraction of sp³-hybridized carbons (Fsp3) is 0.476. The number of nitrogens with zero attached hydrogens (tertiary/aromatic N) is 4. The minimum atomic E-state index is -0.931. The van der Waals surface area contributed by atoms with Crippen molar-refractivity contribution in [2.45, 2.75) is 89.6 Å². The van der Waals surface area contributed by atoms with Crippen LogP contribution in [0.15, 0.2) is 47.7 Å². The van der Waals surface area contributed by atoms with Gasteiger partial charge >= 0.3 is 12.2 Å². The molecule has 0 bridgehead atoms. The Labute approximate surface area is 336 Å². The number of ether oxygens (including phenoxy) is 4. The third kappa shape index (κ3) is 8.02. The number of H-pyrrole nitrogens is 1. The first-order chi connectivity index (χ1) is 27.9. The number of methoxy groups -OCH3 is 3. The first-order valence-corrected chi connectivity index (χ1v) is 19.7. The number of rotatable bonds is 11. The summed E-state index contributed by atoms with van der Waals surface area (Å²) < 4.78 is 37.1. The summed E-state index contributed by atoms with van der Waals surface area (Å²) in [5.41, 5.74) is 5.09. The number of imidazole rings is 1. The lowest BCUT2D eigenvalue weighted by Crippen LogP contribution is -2.54. The summed E-state index contributed by atoms with van der Waals surface area (Å²) in [6.07, 6.45) is 5.28. The number of aliphatic imine (C=N–C) groups is 1. The number of amides is 4. The fourth-order valence-corrected chi connectivity index (χ4v) is 8.30. The van der Waals surface area contributed by atoms with Gasteiger partial charge in [-0.1, -0.05) is 13.8 Å². The summed E-state index contributed by atoms with van der Waals surface area (Å²) in [6.45, 7) is 6.50. The van der Waals surface area contributed by atoms with Crippen molar-refractivity contribution in [3.05, 3.63) is 71.1 Å². The largest absolute Gasteiger partial charge is 0.457 e. The van der Waals surface area contributed by atoms with Crippen molar-refractivity contribution in [2.24, 2.45) is 10.9 Å². The molecular weight excluding hydrogens is 750 g/mol. The molecule has 2 aromatic carbocycles. The second kappa shape index (κ2) is 17.0. The standard InChI is InChI=1S/C42H50FN7O8/c1-22(2)36(47-41(53)56-5)39(51)49-13-7-9-32(49)30-18-27(20-44-30)28-19-35-26(17-29(28)43)16-25-15-24(11-12-34(25)58-35)31-21-45-38(46-31)33-10-8-14-50(33)40(52)37(23(3)55-4)48-42(54)57-6/h11-12,15,17,19-23,32-33,36-37H,7-10,13-14,16,18H2,1-6H3,(H,45,46)(H,47,53)(H,48,54)/t23-,32+,33+,36+,37+/m1/s1. The molecule has 15 nitrogen and oxygen atoms in total. The molecule has 0 aliphatic carbocycles. The number of aromatic amines is 1. The van der Waals surface area contributed by atoms with Gasteiger partial charge < -0.3 is 44.4 Å². The van der Waals surface area contributed by atoms with Gasteiger partial charge in [-0.05, 0) is 80.0 Å². The van der Waals surface area contributed by atoms with Crippen LogP contribution in [0.3, 0.4) is 0 Å². The maximum absolute atomic E-state index is 15.9. The summed E-state index contributed by atoms with van der Waals surface area (Å²) in [5, 5.41) is 5.28. The van der Waals surface area contributed by atoms with Crippen LogP contribution in [0.25, 0.3) is 16.8 Å². The molecule has 4 aliphatic heterocycles. The van der Waals surface area contributed by atoms with Crippen molar-refractivity contribution in [1.82, 2.24) is 30.4 Å². The first kappa shape index (κ1) is 40.4. The summed E-state index contributed by atoms with van der Waals surface area (Å²) >= 11 is 0. The van der Waals surface area contributed by atoms with Gasteiger partial charge in [0.15, 0.2) is 0 Å². The number of fused-ring (bicyclic) bond motifs is 2. The second-order valence-electron chi connectivity index (χ2n) is 15.5. The highest BCUT2D eigenvalue weighted by atomic mass is 19.1. The van der Waals surface area contributed by atoms with E-state index in [4.69, 9.17) is 18.9 Å². The third-order valence-corrected chi connectivity index (χ3v) is 11.6. The van der Waals surface area contributed by atoms with E-state index in [-0.39, 0.29) is 35.6 Å². The summed E-state index contributed by atoms with van der Waals surface area (Å²) in [4.78, 5) is 67.5. The Balaban J connectivity index is 1.02. The second-order valence-corrected chi connectivity index (χ2v) is 15.5. The van der Waals surface area contributed by atoms with E-state index in [0.29, 0.717) is 66.4 Å². The Morgan fingerprint density at radius 2 is 1.52 bits per heavy atom. The van der Waals surface area contributed by atoms with Gasteiger partial charge in [-0.3, -0.25) is 14.6 Å². The summed E-state index contributed by atoms with van der Waals surface area (Å²) in [7, 11) is 3.99. The lowest BCUT2D eigenvalue weighted by molar-refractivity contribution is -0.137. The molecule has 7 rings (SSSR count). The van der Waals surface area contributed by atoms with E-state index in [1.165, 1.54) is 27.4 Å². The van der Waals surface area contributed by atoms with Crippen molar-refractivity contribution in [3.63, 3.8) is 0 Å². The van der Waals surface area contributed by atoms with Gasteiger partial charge in [0, 0.05) is 61.6 Å². The Morgan fingerprint density at radius 3 is 2.21 bits per heavy atom. The molecule has 1 aromatic heterocycles. The van der Waals surface area contributed by atoms with Crippen molar-refractivity contribution < 1.29 is 42.5 Å². The van der Waals surface area contributed by atoms with E-state index in [1.54, 1.807) is 35.2 Å². The SMILES string of the molecule is COC(=O)N[C@H](C(=O)N1CCC[C@H]1C1=NC=C(c2cc3c(cc2F)Cc2cc(-c4cnc([C@@H]5CCCN5C(=O)[C@@H](NC(=O)OC)[C@@H](C)OC)[nH]4)ccc2O3)C1)C(C)C. The number of carbonyl (C=O) groups is 4. The van der Waals surface area contributed by atoms with Crippen LogP contribution < -0.4 is 15.4 Å². The predicted molar refractivity (Wildman–Crippen MR) is 212 cm³/mol. The number of hydrogen-bond acceptors (Lipinski definition) is 10. The number of benzene rings is 2. The monoisotopic (exact) mass is 799 g/mol. The lowest BCUT2D eigenvalue weighted by Gasteiger charge is -2.31. The number of hydrogen-bond donors (Lipinski definition) is 3. The van der Waals surface area contributed by atoms with Crippen LogP contribution in [0.4, 0.5) is 14.0 Å². The minimum absolute atomic E-state index is 0.150. The van der Waals surface area contributed by atoms with E-state index in [2.05, 4.69) is 25.6 Å². The molecule has 0 saturated carbocycles. The topological polar surface area (TPSA) is 177 Å². The molecule has 0 radical (unpaired) electrons. The van der Waals surface area contributed by atoms with E-state index in [0.717, 1.165) is 41.8 Å². The zero-order valence-corrected chi connectivity index (χ0v) is 33.6. The zero-order chi connectivity index (χ0) is 41.2. The highest BCUT2D eigenvalue weighted by molar-refractivity contribution is 6.04. The lowest BCUT2D eigenvalue weighted by atomic mass is 9.93. The van der Waals surface area contributed by atoms with Gasteiger partial charge in [0.1, 0.15) is 35.2 Å². The normalized spacial score (nSPS) is 20.0. The minimum Gasteiger partial charge on any atom is -0.457 e. The number of alkyl carbamates (subject to hydrolysis) is 2. The summed E-state index contributed by atoms with van der Waals surface area (Å²) in [5.74, 6) is 0.854. The smallest absolute Gasteiger partial charge is 0.407 e. The molecule has 5 atom stereocenters. The predicted octanol–water partition coefficient (Wildman–Crippen LogP) is 5.89. The molecule has 0 unspecified atom stereocenters. The molecule has 0 spiro atoms. The molecule has 5 heterocycles. The zero-order valence-electron chi connectivity index (χ0n) is 33.6. The van der Waals surface area contributed by atoms with Crippen LogP contribution in [0.2, 0.25) is 0 Å². The molecule has 3 aromatic rings. The van der Waals surface area contributed by atoms with Crippen LogP contribution >= 0.6 is 0 Å². The Kier molecular flexibility index (Phi) is 11.8. The molecular formula is C42H50FN7O8. The van der Waals surface area contributed by atoms with Gasteiger partial charge in [0.05, 0.1) is 44.3 Å². The maximum atomic E-state index is 15.9. The van der Waals surface area contributed by atoms with E-state index < -0.39 is 30.4 Å². The molecule has 4 amide bonds. The van der Waals surface area contributed by atoms with E-state index >= 15 is 4.39 Å². The Bertz CT molecular complexity index is 2150. The molecule has 3 N–H and O–H groups in total. The highest BCUT2D eigenvalue weighted by Gasteiger charge is 2.40. The van der Waals surface area contributed by atoms with Crippen molar-refractivity contribution in [3.8, 4) is 22.8 Å². The third-order valence-electron chi connectivity index (χ3n) is 11.6. The molecule has 308 valence electrons. The van der Waals surface area contributed by atoms with Crippen LogP contribution in [-0.2, 0) is 30.2 Å². The van der Waals surface area contributed by atoms with Crippen LogP contribution in [0, 0.1) is 11.7 Å². The Hall–Kier alpha value is -5.77. The quantitative estimate of drug-likeness (QED) is 0.167. The average Bonchev–Trinajstić information content (AvgIpc) is 4.06. The number of likely N-dealkylation sites (tertiary alicyclic amines) is 2. The van der Waals surface area contributed by atoms with E-state index in [9.17, 15) is 19.2 Å². The van der Waals surface area contributed by atoms with Gasteiger partial charge in [-0.25, -0.2) is 19.0 Å². The van der Waals surface area contributed by atoms with Gasteiger partial charge in [0.25, 0.3) is 0 Å². The highest BCUT2D eigenvalue weighted by Crippen LogP contribution is 2.42. The number of nitrogens with one attached hydrogen (secondary N) is 3. The Morgan fingerprint density at radius 1 is 0.862 bits per heavy atom. The summed E-state index contributed by atoms with van der Waals surface area (Å²) in [6, 6.07) is 6.82. The number of aromatic nitrogens is 2. The first-order valence-electron chi connectivity index (χ1n) is 19.7. The van der Waals surface area contributed by atoms with Crippen LogP contribution in [-0.4, -0.2) is 108 Å².